The molecule has 0 fully saturated rings. The number of para-hydroxylation sites is 1. The number of fused-ring (bicyclic) bond motifs is 1. The van der Waals surface area contributed by atoms with E-state index >= 15 is 0 Å². The Morgan fingerprint density at radius 1 is 1.50 bits per heavy atom. The number of ether oxygens (including phenoxy) is 2. The molecule has 0 amide bonds. The third kappa shape index (κ3) is 2.18. The highest BCUT2D eigenvalue weighted by molar-refractivity contribution is 5.72. The van der Waals surface area contributed by atoms with Crippen LogP contribution >= 0.6 is 0 Å². The van der Waals surface area contributed by atoms with Crippen molar-refractivity contribution in [2.24, 2.45) is 11.7 Å². The minimum Gasteiger partial charge on any atom is -0.493 e. The van der Waals surface area contributed by atoms with Gasteiger partial charge in [-0.15, -0.1) is 0 Å². The number of nitrogens with two attached hydrogens (primary N) is 1. The lowest BCUT2D eigenvalue weighted by molar-refractivity contribution is -0.144. The first-order valence-electron chi connectivity index (χ1n) is 6.91. The van der Waals surface area contributed by atoms with Gasteiger partial charge in [0.1, 0.15) is 5.75 Å². The van der Waals surface area contributed by atoms with Gasteiger partial charge < -0.3 is 15.2 Å². The molecular weight excluding hydrogens is 254 g/mol. The summed E-state index contributed by atoms with van der Waals surface area (Å²) in [7, 11) is 1.41. The van der Waals surface area contributed by atoms with Gasteiger partial charge in [0.25, 0.3) is 0 Å². The number of benzene rings is 1. The fourth-order valence-electron chi connectivity index (χ4n) is 3.36. The molecule has 2 rings (SSSR count). The Bertz CT molecular complexity index is 507. The Kier molecular flexibility index (Phi) is 3.78. The second-order valence-electron chi connectivity index (χ2n) is 6.15. The van der Waals surface area contributed by atoms with Gasteiger partial charge in [-0.1, -0.05) is 25.1 Å². The quantitative estimate of drug-likeness (QED) is 0.861. The van der Waals surface area contributed by atoms with E-state index in [0.717, 1.165) is 11.3 Å². The Hall–Kier alpha value is -1.55. The van der Waals surface area contributed by atoms with E-state index < -0.39 is 11.0 Å². The van der Waals surface area contributed by atoms with Crippen molar-refractivity contribution in [1.82, 2.24) is 0 Å². The van der Waals surface area contributed by atoms with Crippen LogP contribution in [0.5, 0.6) is 5.75 Å². The van der Waals surface area contributed by atoms with Gasteiger partial charge in [-0.25, -0.2) is 0 Å². The van der Waals surface area contributed by atoms with Crippen molar-refractivity contribution in [2.75, 3.05) is 13.7 Å². The average molecular weight is 277 g/mol. The highest BCUT2D eigenvalue weighted by atomic mass is 16.5. The SMILES string of the molecule is COC(=O)CC1(C(C)(C)N)c2ccccc2OCC1C. The molecule has 4 heteroatoms. The average Bonchev–Trinajstić information content (AvgIpc) is 2.40. The molecule has 1 aliphatic rings. The number of methoxy groups -OCH3 is 1. The van der Waals surface area contributed by atoms with Crippen LogP contribution in [0.25, 0.3) is 0 Å². The molecule has 2 N–H and O–H groups in total. The predicted octanol–water partition coefficient (Wildman–Crippen LogP) is 2.25. The molecule has 1 aromatic rings. The molecule has 4 nitrogen and oxygen atoms in total. The molecular formula is C16H23NO3. The summed E-state index contributed by atoms with van der Waals surface area (Å²) in [5.74, 6) is 0.691. The number of carbonyl (C=O) groups excluding carboxylic acids is 1. The first-order chi connectivity index (χ1) is 9.33. The number of hydrogen-bond donors (Lipinski definition) is 1. The summed E-state index contributed by atoms with van der Waals surface area (Å²) >= 11 is 0. The van der Waals surface area contributed by atoms with Crippen molar-refractivity contribution in [3.63, 3.8) is 0 Å². The zero-order valence-electron chi connectivity index (χ0n) is 12.6. The van der Waals surface area contributed by atoms with Crippen molar-refractivity contribution in [1.29, 1.82) is 0 Å². The number of rotatable bonds is 3. The lowest BCUT2D eigenvalue weighted by Gasteiger charge is -2.51. The molecule has 2 atom stereocenters. The van der Waals surface area contributed by atoms with E-state index in [2.05, 4.69) is 6.92 Å². The van der Waals surface area contributed by atoms with Gasteiger partial charge in [0, 0.05) is 22.4 Å². The zero-order chi connectivity index (χ0) is 15.0. The summed E-state index contributed by atoms with van der Waals surface area (Å²) in [4.78, 5) is 12.0. The van der Waals surface area contributed by atoms with Gasteiger partial charge in [0.2, 0.25) is 0 Å². The summed E-state index contributed by atoms with van der Waals surface area (Å²) in [6.07, 6.45) is 0.258. The van der Waals surface area contributed by atoms with Crippen molar-refractivity contribution in [3.05, 3.63) is 29.8 Å². The van der Waals surface area contributed by atoms with Gasteiger partial charge in [-0.05, 0) is 19.9 Å². The van der Waals surface area contributed by atoms with Crippen LogP contribution in [0.4, 0.5) is 0 Å². The van der Waals surface area contributed by atoms with Gasteiger partial charge in [-0.2, -0.15) is 0 Å². The summed E-state index contributed by atoms with van der Waals surface area (Å²) in [6.45, 7) is 6.56. The molecule has 1 aliphatic heterocycles. The smallest absolute Gasteiger partial charge is 0.306 e. The summed E-state index contributed by atoms with van der Waals surface area (Å²) in [5, 5.41) is 0. The van der Waals surface area contributed by atoms with Gasteiger partial charge in [0.15, 0.2) is 0 Å². The maximum atomic E-state index is 12.0. The lowest BCUT2D eigenvalue weighted by atomic mass is 9.57. The Morgan fingerprint density at radius 2 is 2.15 bits per heavy atom. The molecule has 0 aliphatic carbocycles. The van der Waals surface area contributed by atoms with E-state index in [1.54, 1.807) is 0 Å². The topological polar surface area (TPSA) is 61.5 Å². The second-order valence-corrected chi connectivity index (χ2v) is 6.15. The highest BCUT2D eigenvalue weighted by Crippen LogP contribution is 2.50. The normalized spacial score (nSPS) is 25.6. The molecule has 20 heavy (non-hydrogen) atoms. The Morgan fingerprint density at radius 3 is 2.75 bits per heavy atom. The Balaban J connectivity index is 2.63. The van der Waals surface area contributed by atoms with E-state index in [4.69, 9.17) is 15.2 Å². The molecule has 1 heterocycles. The van der Waals surface area contributed by atoms with Crippen molar-refractivity contribution in [2.45, 2.75) is 38.1 Å². The van der Waals surface area contributed by atoms with Crippen LogP contribution in [-0.2, 0) is 14.9 Å². The lowest BCUT2D eigenvalue weighted by Crippen LogP contribution is -2.61. The van der Waals surface area contributed by atoms with E-state index in [9.17, 15) is 4.79 Å². The van der Waals surface area contributed by atoms with Crippen molar-refractivity contribution >= 4 is 5.97 Å². The first kappa shape index (κ1) is 14.9. The Labute approximate surface area is 120 Å². The van der Waals surface area contributed by atoms with E-state index in [-0.39, 0.29) is 18.3 Å². The van der Waals surface area contributed by atoms with Crippen LogP contribution in [0.1, 0.15) is 32.8 Å². The van der Waals surface area contributed by atoms with Crippen LogP contribution < -0.4 is 10.5 Å². The van der Waals surface area contributed by atoms with Gasteiger partial charge >= 0.3 is 5.97 Å². The maximum Gasteiger partial charge on any atom is 0.306 e. The van der Waals surface area contributed by atoms with Crippen molar-refractivity contribution in [3.8, 4) is 5.75 Å². The van der Waals surface area contributed by atoms with Crippen LogP contribution in [0.15, 0.2) is 24.3 Å². The molecule has 0 bridgehead atoms. The monoisotopic (exact) mass is 277 g/mol. The highest BCUT2D eigenvalue weighted by Gasteiger charge is 2.53. The standard InChI is InChI=1S/C16H23NO3/c1-11-10-20-13-8-6-5-7-12(13)16(11,15(2,3)17)9-14(18)19-4/h5-8,11H,9-10,17H2,1-4H3. The van der Waals surface area contributed by atoms with Gasteiger partial charge in [-0.3, -0.25) is 4.79 Å². The second kappa shape index (κ2) is 5.09. The first-order valence-corrected chi connectivity index (χ1v) is 6.91. The maximum absolute atomic E-state index is 12.0. The van der Waals surface area contributed by atoms with E-state index in [1.165, 1.54) is 7.11 Å². The molecule has 110 valence electrons. The number of esters is 1. The largest absolute Gasteiger partial charge is 0.493 e. The third-order valence-electron chi connectivity index (χ3n) is 4.50. The number of hydrogen-bond acceptors (Lipinski definition) is 4. The zero-order valence-corrected chi connectivity index (χ0v) is 12.6. The summed E-state index contributed by atoms with van der Waals surface area (Å²) in [6, 6.07) is 7.82. The van der Waals surface area contributed by atoms with Crippen LogP contribution in [0.2, 0.25) is 0 Å². The predicted molar refractivity (Wildman–Crippen MR) is 77.7 cm³/mol. The van der Waals surface area contributed by atoms with Crippen LogP contribution in [0, 0.1) is 5.92 Å². The molecule has 0 aromatic heterocycles. The van der Waals surface area contributed by atoms with Crippen LogP contribution in [-0.4, -0.2) is 25.2 Å². The minimum absolute atomic E-state index is 0.122. The van der Waals surface area contributed by atoms with Gasteiger partial charge in [0.05, 0.1) is 20.1 Å². The fourth-order valence-corrected chi connectivity index (χ4v) is 3.36. The van der Waals surface area contributed by atoms with Crippen molar-refractivity contribution < 1.29 is 14.3 Å². The minimum atomic E-state index is -0.569. The molecule has 1 aromatic carbocycles. The summed E-state index contributed by atoms with van der Waals surface area (Å²) in [5.41, 5.74) is 6.43. The molecule has 0 spiro atoms. The molecule has 0 radical (unpaired) electrons. The molecule has 2 unspecified atom stereocenters. The fraction of sp³-hybridized carbons (Fsp3) is 0.562. The van der Waals surface area contributed by atoms with E-state index in [0.29, 0.717) is 6.61 Å². The number of carbonyl (C=O) groups is 1. The van der Waals surface area contributed by atoms with E-state index in [1.807, 2.05) is 38.1 Å². The molecule has 0 saturated carbocycles. The summed E-state index contributed by atoms with van der Waals surface area (Å²) < 4.78 is 10.7. The molecule has 0 saturated heterocycles. The third-order valence-corrected chi connectivity index (χ3v) is 4.50. The van der Waals surface area contributed by atoms with Crippen LogP contribution in [0.3, 0.4) is 0 Å².